The van der Waals surface area contributed by atoms with E-state index in [0.29, 0.717) is 10.0 Å². The molecule has 5 heteroatoms. The van der Waals surface area contributed by atoms with Crippen molar-refractivity contribution in [1.82, 2.24) is 15.3 Å². The van der Waals surface area contributed by atoms with Crippen LogP contribution in [0.5, 0.6) is 0 Å². The second-order valence-corrected chi connectivity index (χ2v) is 4.83. The molecule has 1 aliphatic rings. The van der Waals surface area contributed by atoms with Gasteiger partial charge in [0.2, 0.25) is 0 Å². The van der Waals surface area contributed by atoms with Crippen molar-refractivity contribution in [2.45, 2.75) is 12.5 Å². The lowest BCUT2D eigenvalue weighted by molar-refractivity contribution is 0.553. The predicted octanol–water partition coefficient (Wildman–Crippen LogP) is 2.95. The molecule has 1 aliphatic heterocycles. The Balaban J connectivity index is 2.10. The first-order chi connectivity index (χ1) is 8.27. The number of rotatable bonds is 1. The summed E-state index contributed by atoms with van der Waals surface area (Å²) in [6.45, 7) is 0.905. The van der Waals surface area contributed by atoms with E-state index in [-0.39, 0.29) is 6.04 Å². The summed E-state index contributed by atoms with van der Waals surface area (Å²) in [4.78, 5) is 7.53. The number of halogens is 2. The fraction of sp³-hybridized carbons (Fsp3) is 0.250. The average Bonchev–Trinajstić information content (AvgIpc) is 2.81. The number of fused-ring (bicyclic) bond motifs is 1. The molecule has 2 heterocycles. The zero-order valence-electron chi connectivity index (χ0n) is 9.00. The molecule has 0 bridgehead atoms. The molecule has 2 N–H and O–H groups in total. The van der Waals surface area contributed by atoms with Crippen molar-refractivity contribution in [1.29, 1.82) is 0 Å². The van der Waals surface area contributed by atoms with Crippen LogP contribution in [0.1, 0.15) is 23.0 Å². The van der Waals surface area contributed by atoms with E-state index in [0.717, 1.165) is 24.2 Å². The van der Waals surface area contributed by atoms with Gasteiger partial charge in [0.25, 0.3) is 0 Å². The number of nitrogens with one attached hydrogen (secondary N) is 2. The Bertz CT molecular complexity index is 550. The van der Waals surface area contributed by atoms with E-state index in [1.54, 1.807) is 12.4 Å². The number of aromatic nitrogens is 2. The van der Waals surface area contributed by atoms with Crippen molar-refractivity contribution in [3.63, 3.8) is 0 Å². The summed E-state index contributed by atoms with van der Waals surface area (Å²) in [5.74, 6) is 0. The molecule has 3 rings (SSSR count). The van der Waals surface area contributed by atoms with Gasteiger partial charge in [-0.05, 0) is 11.6 Å². The van der Waals surface area contributed by atoms with Crippen molar-refractivity contribution < 1.29 is 0 Å². The van der Waals surface area contributed by atoms with Crippen LogP contribution in [-0.2, 0) is 6.42 Å². The van der Waals surface area contributed by atoms with Crippen LogP contribution >= 0.6 is 23.2 Å². The highest BCUT2D eigenvalue weighted by Gasteiger charge is 2.25. The van der Waals surface area contributed by atoms with Crippen molar-refractivity contribution in [3.8, 4) is 0 Å². The smallest absolute Gasteiger partial charge is 0.0926 e. The van der Waals surface area contributed by atoms with E-state index in [2.05, 4.69) is 15.3 Å². The Labute approximate surface area is 109 Å². The van der Waals surface area contributed by atoms with Crippen LogP contribution in [0.15, 0.2) is 24.5 Å². The van der Waals surface area contributed by atoms with Gasteiger partial charge in [-0.1, -0.05) is 35.3 Å². The summed E-state index contributed by atoms with van der Waals surface area (Å²) in [5, 5.41) is 4.60. The minimum Gasteiger partial charge on any atom is -0.348 e. The molecule has 1 aromatic carbocycles. The number of nitrogens with zero attached hydrogens (tertiary/aromatic N) is 1. The maximum atomic E-state index is 6.25. The molecule has 88 valence electrons. The Morgan fingerprint density at radius 3 is 3.06 bits per heavy atom. The van der Waals surface area contributed by atoms with E-state index in [1.807, 2.05) is 12.1 Å². The number of hydrogen-bond acceptors (Lipinski definition) is 2. The standard InChI is InChI=1S/C12H11Cl2N3/c13-8-3-1-2-7(10(8)14)11-12-9(4-5-15-11)16-6-17-12/h1-3,6,11,15H,4-5H2,(H,16,17). The Morgan fingerprint density at radius 1 is 1.29 bits per heavy atom. The molecule has 0 saturated heterocycles. The van der Waals surface area contributed by atoms with Crippen molar-refractivity contribution >= 4 is 23.2 Å². The third kappa shape index (κ3) is 1.84. The number of H-pyrrole nitrogens is 1. The summed E-state index contributed by atoms with van der Waals surface area (Å²) in [7, 11) is 0. The predicted molar refractivity (Wildman–Crippen MR) is 68.6 cm³/mol. The van der Waals surface area contributed by atoms with Gasteiger partial charge >= 0.3 is 0 Å². The van der Waals surface area contributed by atoms with Crippen LogP contribution in [0.3, 0.4) is 0 Å². The highest BCUT2D eigenvalue weighted by atomic mass is 35.5. The van der Waals surface area contributed by atoms with Gasteiger partial charge in [0, 0.05) is 18.7 Å². The van der Waals surface area contributed by atoms with Crippen LogP contribution in [0.2, 0.25) is 10.0 Å². The maximum Gasteiger partial charge on any atom is 0.0926 e. The molecule has 0 radical (unpaired) electrons. The fourth-order valence-electron chi connectivity index (χ4n) is 2.22. The van der Waals surface area contributed by atoms with Gasteiger partial charge in [-0.15, -0.1) is 0 Å². The number of aromatic amines is 1. The van der Waals surface area contributed by atoms with Crippen LogP contribution < -0.4 is 5.32 Å². The third-order valence-corrected chi connectivity index (χ3v) is 3.87. The van der Waals surface area contributed by atoms with Crippen molar-refractivity contribution in [2.24, 2.45) is 0 Å². The minimum atomic E-state index is 0.0243. The lowest BCUT2D eigenvalue weighted by atomic mass is 9.98. The van der Waals surface area contributed by atoms with Crippen LogP contribution in [0.25, 0.3) is 0 Å². The minimum absolute atomic E-state index is 0.0243. The Hall–Kier alpha value is -1.03. The summed E-state index contributed by atoms with van der Waals surface area (Å²) in [6, 6.07) is 5.71. The first-order valence-corrected chi connectivity index (χ1v) is 6.22. The highest BCUT2D eigenvalue weighted by molar-refractivity contribution is 6.42. The lowest BCUT2D eigenvalue weighted by Crippen LogP contribution is -2.30. The average molecular weight is 268 g/mol. The highest BCUT2D eigenvalue weighted by Crippen LogP contribution is 2.34. The molecule has 2 aromatic rings. The zero-order chi connectivity index (χ0) is 11.8. The van der Waals surface area contributed by atoms with Crippen LogP contribution in [0, 0.1) is 0 Å². The van der Waals surface area contributed by atoms with Gasteiger partial charge in [0.15, 0.2) is 0 Å². The molecule has 0 aliphatic carbocycles. The van der Waals surface area contributed by atoms with Gasteiger partial charge in [0.05, 0.1) is 28.1 Å². The SMILES string of the molecule is Clc1cccc(C2NCCc3[nH]cnc32)c1Cl. The van der Waals surface area contributed by atoms with Gasteiger partial charge in [-0.25, -0.2) is 4.98 Å². The van der Waals surface area contributed by atoms with E-state index in [1.165, 1.54) is 5.69 Å². The molecule has 3 nitrogen and oxygen atoms in total. The Kier molecular flexibility index (Phi) is 2.82. The largest absolute Gasteiger partial charge is 0.348 e. The third-order valence-electron chi connectivity index (χ3n) is 3.04. The second kappa shape index (κ2) is 4.33. The molecular weight excluding hydrogens is 257 g/mol. The summed E-state index contributed by atoms with van der Waals surface area (Å²) >= 11 is 12.3. The quantitative estimate of drug-likeness (QED) is 0.834. The van der Waals surface area contributed by atoms with E-state index in [4.69, 9.17) is 23.2 Å². The Morgan fingerprint density at radius 2 is 2.18 bits per heavy atom. The van der Waals surface area contributed by atoms with Gasteiger partial charge in [-0.2, -0.15) is 0 Å². The molecule has 1 unspecified atom stereocenters. The van der Waals surface area contributed by atoms with E-state index < -0.39 is 0 Å². The number of benzene rings is 1. The molecular formula is C12H11Cl2N3. The molecule has 1 aromatic heterocycles. The zero-order valence-corrected chi connectivity index (χ0v) is 10.5. The lowest BCUT2D eigenvalue weighted by Gasteiger charge is -2.24. The monoisotopic (exact) mass is 267 g/mol. The number of hydrogen-bond donors (Lipinski definition) is 2. The van der Waals surface area contributed by atoms with Gasteiger partial charge < -0.3 is 10.3 Å². The number of imidazole rings is 1. The van der Waals surface area contributed by atoms with E-state index >= 15 is 0 Å². The second-order valence-electron chi connectivity index (χ2n) is 4.05. The molecule has 0 fully saturated rings. The summed E-state index contributed by atoms with van der Waals surface area (Å²) in [6.07, 6.45) is 2.69. The molecule has 0 saturated carbocycles. The molecule has 1 atom stereocenters. The van der Waals surface area contributed by atoms with Crippen molar-refractivity contribution in [3.05, 3.63) is 51.5 Å². The van der Waals surface area contributed by atoms with E-state index in [9.17, 15) is 0 Å². The molecule has 17 heavy (non-hydrogen) atoms. The first-order valence-electron chi connectivity index (χ1n) is 5.47. The van der Waals surface area contributed by atoms with Crippen LogP contribution in [-0.4, -0.2) is 16.5 Å². The van der Waals surface area contributed by atoms with Gasteiger partial charge in [-0.3, -0.25) is 0 Å². The van der Waals surface area contributed by atoms with Crippen molar-refractivity contribution in [2.75, 3.05) is 6.54 Å². The molecule has 0 amide bonds. The first kappa shape index (κ1) is 11.1. The molecule has 0 spiro atoms. The van der Waals surface area contributed by atoms with Crippen LogP contribution in [0.4, 0.5) is 0 Å². The summed E-state index contributed by atoms with van der Waals surface area (Å²) in [5.41, 5.74) is 3.16. The topological polar surface area (TPSA) is 40.7 Å². The fourth-order valence-corrected chi connectivity index (χ4v) is 2.64. The maximum absolute atomic E-state index is 6.25. The summed E-state index contributed by atoms with van der Waals surface area (Å²) < 4.78 is 0. The normalized spacial score (nSPS) is 19.1. The van der Waals surface area contributed by atoms with Gasteiger partial charge in [0.1, 0.15) is 0 Å².